The molecule has 0 bridgehead atoms. The fourth-order valence-electron chi connectivity index (χ4n) is 3.71. The van der Waals surface area contributed by atoms with Gasteiger partial charge in [-0.15, -0.1) is 0 Å². The van der Waals surface area contributed by atoms with Crippen molar-refractivity contribution in [1.82, 2.24) is 9.55 Å². The van der Waals surface area contributed by atoms with E-state index in [1.165, 1.54) is 49.6 Å². The van der Waals surface area contributed by atoms with Gasteiger partial charge in [0.25, 0.3) is 0 Å². The summed E-state index contributed by atoms with van der Waals surface area (Å²) < 4.78 is 2.36. The number of aromatic nitrogens is 2. The molecular weight excluding hydrogens is 382 g/mol. The molecule has 0 unspecified atom stereocenters. The van der Waals surface area contributed by atoms with Gasteiger partial charge in [0, 0.05) is 28.9 Å². The molecule has 3 rings (SSSR count). The van der Waals surface area contributed by atoms with E-state index in [1.54, 1.807) is 24.3 Å². The van der Waals surface area contributed by atoms with Crippen LogP contribution < -0.4 is 5.32 Å². The monoisotopic (exact) mass is 413 g/mol. The third-order valence-corrected chi connectivity index (χ3v) is 6.58. The normalized spacial score (nSPS) is 14.9. The summed E-state index contributed by atoms with van der Waals surface area (Å²) in [5.74, 6) is 0.332. The van der Waals surface area contributed by atoms with E-state index in [0.29, 0.717) is 23.0 Å². The number of anilines is 1. The molecule has 0 saturated heterocycles. The number of nitrogens with zero attached hydrogens (tertiary/aromatic N) is 2. The highest BCUT2D eigenvalue weighted by Gasteiger charge is 2.22. The van der Waals surface area contributed by atoms with Gasteiger partial charge in [-0.1, -0.05) is 44.9 Å². The maximum Gasteiger partial charge on any atom is 0.226 e. The summed E-state index contributed by atoms with van der Waals surface area (Å²) in [5, 5.41) is 3.81. The average Bonchev–Trinajstić information content (AvgIpc) is 3.01. The summed E-state index contributed by atoms with van der Waals surface area (Å²) in [7, 11) is 0. The Hall–Kier alpha value is -2.08. The van der Waals surface area contributed by atoms with E-state index in [0.717, 1.165) is 10.9 Å². The highest BCUT2D eigenvalue weighted by molar-refractivity contribution is 7.99. The number of Topliss-reactive ketones (excluding diaryl/α,β-unsaturated/α-hetero) is 1. The van der Waals surface area contributed by atoms with Gasteiger partial charge in [0.1, 0.15) is 0 Å². The minimum Gasteiger partial charge on any atom is -0.326 e. The summed E-state index contributed by atoms with van der Waals surface area (Å²) in [6.07, 6.45) is 6.25. The van der Waals surface area contributed by atoms with Gasteiger partial charge in [-0.25, -0.2) is 4.98 Å². The Balaban J connectivity index is 1.65. The average molecular weight is 414 g/mol. The van der Waals surface area contributed by atoms with Gasteiger partial charge in [-0.2, -0.15) is 0 Å². The Morgan fingerprint density at radius 3 is 2.41 bits per heavy atom. The van der Waals surface area contributed by atoms with Crippen molar-refractivity contribution in [2.24, 2.45) is 5.92 Å². The Morgan fingerprint density at radius 2 is 1.79 bits per heavy atom. The molecule has 156 valence electrons. The standard InChI is InChI=1S/C23H31N3O2S/c1-15(2)22(28)25-19-12-10-18(11-13-19)21(27)14-29-23-24-16(3)17(4)26(23)20-8-6-5-7-9-20/h10-13,15,20H,5-9,14H2,1-4H3,(H,25,28). The third kappa shape index (κ3) is 5.30. The Bertz CT molecular complexity index is 865. The van der Waals surface area contributed by atoms with Gasteiger partial charge in [0.15, 0.2) is 10.9 Å². The van der Waals surface area contributed by atoms with Crippen LogP contribution in [0.2, 0.25) is 0 Å². The number of benzene rings is 1. The number of ketones is 1. The number of aryl methyl sites for hydroxylation is 1. The van der Waals surface area contributed by atoms with Crippen molar-refractivity contribution in [2.75, 3.05) is 11.1 Å². The molecule has 6 heteroatoms. The van der Waals surface area contributed by atoms with Crippen LogP contribution in [0.15, 0.2) is 29.4 Å². The van der Waals surface area contributed by atoms with E-state index in [2.05, 4.69) is 16.8 Å². The largest absolute Gasteiger partial charge is 0.326 e. The molecule has 1 heterocycles. The van der Waals surface area contributed by atoms with E-state index in [-0.39, 0.29) is 17.6 Å². The number of hydrogen-bond donors (Lipinski definition) is 1. The molecule has 0 aliphatic heterocycles. The van der Waals surface area contributed by atoms with Crippen LogP contribution in [0.1, 0.15) is 73.7 Å². The van der Waals surface area contributed by atoms with Crippen molar-refractivity contribution in [3.05, 3.63) is 41.2 Å². The van der Waals surface area contributed by atoms with Crippen molar-refractivity contribution in [3.63, 3.8) is 0 Å². The first-order valence-electron chi connectivity index (χ1n) is 10.5. The van der Waals surface area contributed by atoms with E-state index < -0.39 is 0 Å². The quantitative estimate of drug-likeness (QED) is 0.476. The molecule has 0 spiro atoms. The Kier molecular flexibility index (Phi) is 7.17. The van der Waals surface area contributed by atoms with Crippen LogP contribution in [0.3, 0.4) is 0 Å². The van der Waals surface area contributed by atoms with Gasteiger partial charge in [0.05, 0.1) is 11.4 Å². The number of rotatable bonds is 7. The summed E-state index contributed by atoms with van der Waals surface area (Å²) in [6, 6.07) is 7.64. The SMILES string of the molecule is Cc1nc(SCC(=O)c2ccc(NC(=O)C(C)C)cc2)n(C2CCCCC2)c1C. The first-order chi connectivity index (χ1) is 13.9. The second-order valence-electron chi connectivity index (χ2n) is 8.16. The maximum atomic E-state index is 12.7. The van der Waals surface area contributed by atoms with Crippen LogP contribution in [-0.4, -0.2) is 27.0 Å². The smallest absolute Gasteiger partial charge is 0.226 e. The lowest BCUT2D eigenvalue weighted by Crippen LogP contribution is -2.17. The number of carbonyl (C=O) groups is 2. The van der Waals surface area contributed by atoms with E-state index in [9.17, 15) is 9.59 Å². The Labute approximate surface area is 177 Å². The summed E-state index contributed by atoms with van der Waals surface area (Å²) in [5.41, 5.74) is 3.64. The zero-order valence-electron chi connectivity index (χ0n) is 17.8. The molecule has 0 atom stereocenters. The van der Waals surface area contributed by atoms with Gasteiger partial charge < -0.3 is 9.88 Å². The molecule has 29 heavy (non-hydrogen) atoms. The first kappa shape index (κ1) is 21.6. The molecule has 5 nitrogen and oxygen atoms in total. The van der Waals surface area contributed by atoms with Crippen molar-refractivity contribution in [2.45, 2.75) is 71.0 Å². The summed E-state index contributed by atoms with van der Waals surface area (Å²) >= 11 is 1.53. The molecule has 2 aromatic rings. The molecular formula is C23H31N3O2S. The van der Waals surface area contributed by atoms with Crippen LogP contribution in [0.25, 0.3) is 0 Å². The number of nitrogens with one attached hydrogen (secondary N) is 1. The van der Waals surface area contributed by atoms with Crippen molar-refractivity contribution in [3.8, 4) is 0 Å². The second kappa shape index (κ2) is 9.61. The van der Waals surface area contributed by atoms with Crippen molar-refractivity contribution < 1.29 is 9.59 Å². The summed E-state index contributed by atoms with van der Waals surface area (Å²) in [6.45, 7) is 7.88. The molecule has 1 aromatic heterocycles. The molecule has 1 aliphatic rings. The molecule has 1 aliphatic carbocycles. The number of imidazole rings is 1. The maximum absolute atomic E-state index is 12.7. The Morgan fingerprint density at radius 1 is 1.14 bits per heavy atom. The van der Waals surface area contributed by atoms with E-state index >= 15 is 0 Å². The number of hydrogen-bond acceptors (Lipinski definition) is 4. The zero-order valence-corrected chi connectivity index (χ0v) is 18.6. The molecule has 1 fully saturated rings. The van der Waals surface area contributed by atoms with Gasteiger partial charge >= 0.3 is 0 Å². The lowest BCUT2D eigenvalue weighted by Gasteiger charge is -2.26. The highest BCUT2D eigenvalue weighted by atomic mass is 32.2. The number of amides is 1. The topological polar surface area (TPSA) is 64.0 Å². The predicted molar refractivity (Wildman–Crippen MR) is 119 cm³/mol. The summed E-state index contributed by atoms with van der Waals surface area (Å²) in [4.78, 5) is 29.2. The third-order valence-electron chi connectivity index (χ3n) is 5.63. The molecule has 1 amide bonds. The van der Waals surface area contributed by atoms with Crippen LogP contribution in [0, 0.1) is 19.8 Å². The van der Waals surface area contributed by atoms with Crippen molar-refractivity contribution >= 4 is 29.1 Å². The van der Waals surface area contributed by atoms with Crippen LogP contribution >= 0.6 is 11.8 Å². The fraction of sp³-hybridized carbons (Fsp3) is 0.522. The van der Waals surface area contributed by atoms with Gasteiger partial charge in [-0.05, 0) is 51.0 Å². The lowest BCUT2D eigenvalue weighted by atomic mass is 9.95. The minimum absolute atomic E-state index is 0.0279. The molecule has 0 radical (unpaired) electrons. The van der Waals surface area contributed by atoms with E-state index in [4.69, 9.17) is 4.98 Å². The zero-order chi connectivity index (χ0) is 21.0. The van der Waals surface area contributed by atoms with Gasteiger partial charge in [-0.3, -0.25) is 9.59 Å². The van der Waals surface area contributed by atoms with Crippen molar-refractivity contribution in [1.29, 1.82) is 0 Å². The highest BCUT2D eigenvalue weighted by Crippen LogP contribution is 2.34. The van der Waals surface area contributed by atoms with Crippen LogP contribution in [0.4, 0.5) is 5.69 Å². The molecule has 1 aromatic carbocycles. The predicted octanol–water partition coefficient (Wildman–Crippen LogP) is 5.57. The van der Waals surface area contributed by atoms with Gasteiger partial charge in [0.2, 0.25) is 5.91 Å². The van der Waals surface area contributed by atoms with E-state index in [1.807, 2.05) is 20.8 Å². The first-order valence-corrected chi connectivity index (χ1v) is 11.5. The van der Waals surface area contributed by atoms with Crippen LogP contribution in [0.5, 0.6) is 0 Å². The minimum atomic E-state index is -0.0764. The second-order valence-corrected chi connectivity index (χ2v) is 9.10. The molecule has 1 N–H and O–H groups in total. The number of carbonyl (C=O) groups excluding carboxylic acids is 2. The molecule has 1 saturated carbocycles. The van der Waals surface area contributed by atoms with Crippen LogP contribution in [-0.2, 0) is 4.79 Å². The fourth-order valence-corrected chi connectivity index (χ4v) is 4.76. The lowest BCUT2D eigenvalue weighted by molar-refractivity contribution is -0.118. The number of thioether (sulfide) groups is 1.